The maximum Gasteiger partial charge on any atom is 0.0578 e. The van der Waals surface area contributed by atoms with Crippen molar-refractivity contribution in [3.05, 3.63) is 29.6 Å². The lowest BCUT2D eigenvalue weighted by molar-refractivity contribution is 0.249. The molecular formula is C14H22N2. The molecule has 0 radical (unpaired) electrons. The van der Waals surface area contributed by atoms with E-state index in [0.717, 1.165) is 0 Å². The van der Waals surface area contributed by atoms with Crippen molar-refractivity contribution in [3.8, 4) is 0 Å². The third-order valence-electron chi connectivity index (χ3n) is 3.44. The van der Waals surface area contributed by atoms with Crippen LogP contribution in [0.4, 0.5) is 0 Å². The van der Waals surface area contributed by atoms with E-state index in [1.807, 2.05) is 6.20 Å². The van der Waals surface area contributed by atoms with E-state index in [4.69, 9.17) is 0 Å². The van der Waals surface area contributed by atoms with Gasteiger partial charge in [0.2, 0.25) is 0 Å². The molecule has 0 N–H and O–H groups in total. The number of hydrogen-bond acceptors (Lipinski definition) is 2. The van der Waals surface area contributed by atoms with Gasteiger partial charge < -0.3 is 0 Å². The summed E-state index contributed by atoms with van der Waals surface area (Å²) in [6, 6.07) is 4.90. The van der Waals surface area contributed by atoms with Crippen LogP contribution in [0.15, 0.2) is 18.3 Å². The third kappa shape index (κ3) is 2.62. The third-order valence-corrected chi connectivity index (χ3v) is 3.44. The van der Waals surface area contributed by atoms with Crippen LogP contribution in [0.5, 0.6) is 0 Å². The first-order valence-corrected chi connectivity index (χ1v) is 6.48. The predicted molar refractivity (Wildman–Crippen MR) is 67.4 cm³/mol. The Morgan fingerprint density at radius 1 is 1.50 bits per heavy atom. The highest BCUT2D eigenvalue weighted by molar-refractivity contribution is 5.18. The van der Waals surface area contributed by atoms with Crippen LogP contribution in [-0.2, 0) is 0 Å². The van der Waals surface area contributed by atoms with Crippen LogP contribution < -0.4 is 0 Å². The van der Waals surface area contributed by atoms with Gasteiger partial charge in [-0.25, -0.2) is 0 Å². The van der Waals surface area contributed by atoms with E-state index in [1.165, 1.54) is 50.0 Å². The summed E-state index contributed by atoms with van der Waals surface area (Å²) in [6.45, 7) is 6.89. The fourth-order valence-electron chi connectivity index (χ4n) is 2.53. The number of pyridine rings is 1. The number of aromatic nitrogens is 1. The lowest BCUT2D eigenvalue weighted by Crippen LogP contribution is -2.25. The highest BCUT2D eigenvalue weighted by Gasteiger charge is 2.26. The molecule has 2 nitrogen and oxygen atoms in total. The molecule has 0 amide bonds. The van der Waals surface area contributed by atoms with E-state index in [2.05, 4.69) is 35.9 Å². The van der Waals surface area contributed by atoms with Gasteiger partial charge in [0.1, 0.15) is 0 Å². The molecule has 0 aliphatic carbocycles. The van der Waals surface area contributed by atoms with E-state index in [9.17, 15) is 0 Å². The summed E-state index contributed by atoms with van der Waals surface area (Å²) in [5.74, 6) is 0. The van der Waals surface area contributed by atoms with Gasteiger partial charge in [-0.2, -0.15) is 0 Å². The van der Waals surface area contributed by atoms with Crippen molar-refractivity contribution in [1.82, 2.24) is 9.88 Å². The molecule has 0 spiro atoms. The van der Waals surface area contributed by atoms with Crippen LogP contribution in [-0.4, -0.2) is 23.0 Å². The number of hydrogen-bond donors (Lipinski definition) is 0. The predicted octanol–water partition coefficient (Wildman–Crippen LogP) is 3.33. The second-order valence-electron chi connectivity index (χ2n) is 4.81. The minimum absolute atomic E-state index is 0.575. The molecule has 2 rings (SSSR count). The molecule has 88 valence electrons. The van der Waals surface area contributed by atoms with Gasteiger partial charge >= 0.3 is 0 Å². The molecule has 0 bridgehead atoms. The molecule has 1 atom stereocenters. The van der Waals surface area contributed by atoms with E-state index in [1.54, 1.807) is 0 Å². The fourth-order valence-corrected chi connectivity index (χ4v) is 2.53. The van der Waals surface area contributed by atoms with Crippen LogP contribution in [0.2, 0.25) is 0 Å². The van der Waals surface area contributed by atoms with Crippen LogP contribution in [0.3, 0.4) is 0 Å². The molecule has 0 aromatic carbocycles. The lowest BCUT2D eigenvalue weighted by atomic mass is 10.1. The molecule has 1 fully saturated rings. The maximum absolute atomic E-state index is 4.54. The van der Waals surface area contributed by atoms with Crippen LogP contribution in [0, 0.1) is 6.92 Å². The van der Waals surface area contributed by atoms with Gasteiger partial charge in [0, 0.05) is 6.20 Å². The molecular weight excluding hydrogens is 196 g/mol. The first-order chi connectivity index (χ1) is 7.81. The van der Waals surface area contributed by atoms with Crippen LogP contribution in [0.25, 0.3) is 0 Å². The first kappa shape index (κ1) is 11.6. The Bertz CT molecular complexity index is 335. The minimum atomic E-state index is 0.575. The van der Waals surface area contributed by atoms with Gasteiger partial charge in [-0.1, -0.05) is 13.3 Å². The van der Waals surface area contributed by atoms with Crippen molar-refractivity contribution in [3.63, 3.8) is 0 Å². The number of nitrogens with zero attached hydrogens (tertiary/aromatic N) is 2. The Hall–Kier alpha value is -0.890. The summed E-state index contributed by atoms with van der Waals surface area (Å²) in [6.07, 6.45) is 7.14. The zero-order valence-corrected chi connectivity index (χ0v) is 10.4. The molecule has 1 aliphatic rings. The molecule has 1 aromatic heterocycles. The van der Waals surface area contributed by atoms with Gasteiger partial charge in [0.05, 0.1) is 11.7 Å². The average Bonchev–Trinajstić information content (AvgIpc) is 2.74. The zero-order valence-electron chi connectivity index (χ0n) is 10.4. The summed E-state index contributed by atoms with van der Waals surface area (Å²) in [5, 5.41) is 0. The number of likely N-dealkylation sites (tertiary alicyclic amines) is 1. The molecule has 16 heavy (non-hydrogen) atoms. The Kier molecular flexibility index (Phi) is 3.94. The van der Waals surface area contributed by atoms with Crippen molar-refractivity contribution in [2.45, 2.75) is 45.6 Å². The van der Waals surface area contributed by atoms with Crippen molar-refractivity contribution in [2.75, 3.05) is 13.1 Å². The average molecular weight is 218 g/mol. The van der Waals surface area contributed by atoms with Crippen molar-refractivity contribution in [1.29, 1.82) is 0 Å². The summed E-state index contributed by atoms with van der Waals surface area (Å²) in [5.41, 5.74) is 2.60. The largest absolute Gasteiger partial charge is 0.295 e. The standard InChI is InChI=1S/C14H22N2/c1-3-4-9-16-10-5-6-14(16)13-11-12(2)7-8-15-13/h7-8,11,14H,3-6,9-10H2,1-2H3/t14-/m0/s1. The van der Waals surface area contributed by atoms with E-state index in [0.29, 0.717) is 6.04 Å². The Labute approximate surface area is 98.7 Å². The van der Waals surface area contributed by atoms with Crippen LogP contribution in [0.1, 0.15) is 49.9 Å². The Balaban J connectivity index is 2.07. The van der Waals surface area contributed by atoms with Crippen molar-refractivity contribution >= 4 is 0 Å². The normalized spacial score (nSPS) is 21.5. The summed E-state index contributed by atoms with van der Waals surface area (Å²) in [7, 11) is 0. The van der Waals surface area contributed by atoms with Gasteiger partial charge in [0.25, 0.3) is 0 Å². The van der Waals surface area contributed by atoms with Crippen LogP contribution >= 0.6 is 0 Å². The smallest absolute Gasteiger partial charge is 0.0578 e. The number of rotatable bonds is 4. The molecule has 2 heteroatoms. The van der Waals surface area contributed by atoms with E-state index < -0.39 is 0 Å². The molecule has 1 saturated heterocycles. The summed E-state index contributed by atoms with van der Waals surface area (Å²) in [4.78, 5) is 7.14. The molecule has 0 unspecified atom stereocenters. The highest BCUT2D eigenvalue weighted by Crippen LogP contribution is 2.30. The second-order valence-corrected chi connectivity index (χ2v) is 4.81. The monoisotopic (exact) mass is 218 g/mol. The highest BCUT2D eigenvalue weighted by atomic mass is 15.2. The molecule has 2 heterocycles. The van der Waals surface area contributed by atoms with Gasteiger partial charge in [-0.3, -0.25) is 9.88 Å². The van der Waals surface area contributed by atoms with E-state index in [-0.39, 0.29) is 0 Å². The Morgan fingerprint density at radius 2 is 2.38 bits per heavy atom. The maximum atomic E-state index is 4.54. The van der Waals surface area contributed by atoms with Gasteiger partial charge in [-0.05, 0) is 57.0 Å². The minimum Gasteiger partial charge on any atom is -0.295 e. The molecule has 1 aliphatic heterocycles. The van der Waals surface area contributed by atoms with Gasteiger partial charge in [-0.15, -0.1) is 0 Å². The number of unbranched alkanes of at least 4 members (excludes halogenated alkanes) is 1. The quantitative estimate of drug-likeness (QED) is 0.770. The summed E-state index contributed by atoms with van der Waals surface area (Å²) >= 11 is 0. The fraction of sp³-hybridized carbons (Fsp3) is 0.643. The SMILES string of the molecule is CCCCN1CCC[C@H]1c1cc(C)ccn1. The number of aryl methyl sites for hydroxylation is 1. The topological polar surface area (TPSA) is 16.1 Å². The van der Waals surface area contributed by atoms with Crippen molar-refractivity contribution < 1.29 is 0 Å². The summed E-state index contributed by atoms with van der Waals surface area (Å²) < 4.78 is 0. The van der Waals surface area contributed by atoms with E-state index >= 15 is 0 Å². The second kappa shape index (κ2) is 5.44. The molecule has 0 saturated carbocycles. The van der Waals surface area contributed by atoms with Crippen molar-refractivity contribution in [2.24, 2.45) is 0 Å². The molecule has 1 aromatic rings. The lowest BCUT2D eigenvalue weighted by Gasteiger charge is -2.23. The van der Waals surface area contributed by atoms with Gasteiger partial charge in [0.15, 0.2) is 0 Å². The first-order valence-electron chi connectivity index (χ1n) is 6.48. The Morgan fingerprint density at radius 3 is 3.12 bits per heavy atom. The zero-order chi connectivity index (χ0) is 11.4.